The third-order valence-corrected chi connectivity index (χ3v) is 4.87. The molecule has 0 saturated heterocycles. The van der Waals surface area contributed by atoms with Crippen molar-refractivity contribution in [3.05, 3.63) is 47.2 Å². The number of benzene rings is 1. The summed E-state index contributed by atoms with van der Waals surface area (Å²) in [4.78, 5) is 20.5. The number of aromatic nitrogens is 1. The molecule has 1 aliphatic rings. The van der Waals surface area contributed by atoms with E-state index in [0.717, 1.165) is 29.0 Å². The molecule has 1 aromatic carbocycles. The molecular formula is C23H32IN5O3. The van der Waals surface area contributed by atoms with Crippen molar-refractivity contribution >= 4 is 41.7 Å². The zero-order chi connectivity index (χ0) is 22.2. The fourth-order valence-corrected chi connectivity index (χ4v) is 3.35. The largest absolute Gasteiger partial charge is 0.494 e. The van der Waals surface area contributed by atoms with Crippen LogP contribution in [0.4, 0.5) is 5.82 Å². The van der Waals surface area contributed by atoms with Crippen LogP contribution in [0.2, 0.25) is 0 Å². The highest BCUT2D eigenvalue weighted by Crippen LogP contribution is 2.35. The molecule has 0 fully saturated rings. The Morgan fingerprint density at radius 3 is 2.81 bits per heavy atom. The molecule has 174 valence electrons. The molecule has 0 aliphatic carbocycles. The molecule has 0 spiro atoms. The third-order valence-electron chi connectivity index (χ3n) is 4.87. The maximum atomic E-state index is 12.1. The van der Waals surface area contributed by atoms with Gasteiger partial charge in [-0.15, -0.1) is 24.0 Å². The minimum Gasteiger partial charge on any atom is -0.494 e. The third kappa shape index (κ3) is 7.25. The van der Waals surface area contributed by atoms with Crippen LogP contribution in [0.5, 0.6) is 11.5 Å². The topological polar surface area (TPSA) is 96.9 Å². The molecule has 0 radical (unpaired) electrons. The number of nitrogens with zero attached hydrogens (tertiary/aromatic N) is 2. The van der Waals surface area contributed by atoms with Gasteiger partial charge in [0.15, 0.2) is 5.96 Å². The molecule has 8 nitrogen and oxygen atoms in total. The van der Waals surface area contributed by atoms with Crippen molar-refractivity contribution in [2.24, 2.45) is 4.99 Å². The van der Waals surface area contributed by atoms with Crippen molar-refractivity contribution in [2.45, 2.75) is 46.3 Å². The van der Waals surface area contributed by atoms with E-state index >= 15 is 0 Å². The molecule has 3 N–H and O–H groups in total. The number of aliphatic imine (C=N–C) groups is 1. The molecule has 1 amide bonds. The number of rotatable bonds is 8. The number of ether oxygens (including phenoxy) is 2. The number of halogens is 1. The maximum absolute atomic E-state index is 12.1. The van der Waals surface area contributed by atoms with Crippen LogP contribution >= 0.6 is 24.0 Å². The van der Waals surface area contributed by atoms with Gasteiger partial charge >= 0.3 is 0 Å². The second-order valence-corrected chi connectivity index (χ2v) is 7.50. The molecule has 2 heterocycles. The van der Waals surface area contributed by atoms with E-state index in [1.54, 1.807) is 19.3 Å². The number of amides is 1. The van der Waals surface area contributed by atoms with Gasteiger partial charge in [-0.2, -0.15) is 0 Å². The molecule has 0 saturated carbocycles. The second kappa shape index (κ2) is 12.5. The second-order valence-electron chi connectivity index (χ2n) is 7.50. The highest BCUT2D eigenvalue weighted by atomic mass is 127. The summed E-state index contributed by atoms with van der Waals surface area (Å²) in [6, 6.07) is 7.80. The summed E-state index contributed by atoms with van der Waals surface area (Å²) in [7, 11) is 1.70. The average Bonchev–Trinajstić information content (AvgIpc) is 3.11. The number of carbonyl (C=O) groups excluding carboxylic acids is 1. The fraction of sp³-hybridized carbons (Fsp3) is 0.435. The summed E-state index contributed by atoms with van der Waals surface area (Å²) in [5.74, 6) is 2.82. The van der Waals surface area contributed by atoms with Crippen molar-refractivity contribution in [1.82, 2.24) is 15.6 Å². The van der Waals surface area contributed by atoms with Gasteiger partial charge in [0.05, 0.1) is 6.61 Å². The monoisotopic (exact) mass is 553 g/mol. The van der Waals surface area contributed by atoms with E-state index in [-0.39, 0.29) is 36.0 Å². The standard InChI is InChI=1S/C23H31N5O3.HI/c1-5-30-19-11-17-10-16(3)31-20(17)12-18(19)14-27-23(24-4)25-9-8-22(29)28-21-7-6-15(2)13-26-21;/h6-7,11-13,16H,5,8-10,14H2,1-4H3,(H2,24,25,27)(H,26,28,29);1H. The van der Waals surface area contributed by atoms with Crippen LogP contribution in [0.3, 0.4) is 0 Å². The van der Waals surface area contributed by atoms with Gasteiger partial charge < -0.3 is 25.4 Å². The Morgan fingerprint density at radius 2 is 2.12 bits per heavy atom. The van der Waals surface area contributed by atoms with Crippen LogP contribution in [0, 0.1) is 6.92 Å². The van der Waals surface area contributed by atoms with Crippen LogP contribution in [0.25, 0.3) is 0 Å². The summed E-state index contributed by atoms with van der Waals surface area (Å²) in [5.41, 5.74) is 3.23. The minimum atomic E-state index is -0.108. The van der Waals surface area contributed by atoms with E-state index in [4.69, 9.17) is 9.47 Å². The van der Waals surface area contributed by atoms with Crippen molar-refractivity contribution in [1.29, 1.82) is 0 Å². The van der Waals surface area contributed by atoms with E-state index in [0.29, 0.717) is 37.9 Å². The maximum Gasteiger partial charge on any atom is 0.227 e. The SMILES string of the molecule is CCOc1cc2c(cc1CNC(=NC)NCCC(=O)Nc1ccc(C)cn1)OC(C)C2.I. The first-order valence-electron chi connectivity index (χ1n) is 10.6. The van der Waals surface area contributed by atoms with Gasteiger partial charge in [-0.1, -0.05) is 6.07 Å². The number of aryl methyl sites for hydroxylation is 1. The number of pyridine rings is 1. The lowest BCUT2D eigenvalue weighted by Crippen LogP contribution is -2.38. The van der Waals surface area contributed by atoms with E-state index in [1.807, 2.05) is 26.0 Å². The van der Waals surface area contributed by atoms with Gasteiger partial charge in [0.25, 0.3) is 0 Å². The Kier molecular flexibility index (Phi) is 10.0. The van der Waals surface area contributed by atoms with Gasteiger partial charge in [-0.3, -0.25) is 9.79 Å². The highest BCUT2D eigenvalue weighted by molar-refractivity contribution is 14.0. The zero-order valence-corrected chi connectivity index (χ0v) is 21.4. The number of carbonyl (C=O) groups is 1. The van der Waals surface area contributed by atoms with Crippen molar-refractivity contribution in [2.75, 3.05) is 25.5 Å². The Labute approximate surface area is 206 Å². The molecule has 2 aromatic rings. The quantitative estimate of drug-likeness (QED) is 0.264. The van der Waals surface area contributed by atoms with E-state index in [9.17, 15) is 4.79 Å². The minimum absolute atomic E-state index is 0. The summed E-state index contributed by atoms with van der Waals surface area (Å²) >= 11 is 0. The molecule has 0 bridgehead atoms. The first-order chi connectivity index (χ1) is 15.0. The van der Waals surface area contributed by atoms with Crippen molar-refractivity contribution in [3.63, 3.8) is 0 Å². The van der Waals surface area contributed by atoms with Crippen LogP contribution in [0.1, 0.15) is 37.0 Å². The van der Waals surface area contributed by atoms with E-state index < -0.39 is 0 Å². The Balaban J connectivity index is 0.00000363. The number of nitrogens with one attached hydrogen (secondary N) is 3. The van der Waals surface area contributed by atoms with Gasteiger partial charge in [0.1, 0.15) is 23.4 Å². The molecule has 32 heavy (non-hydrogen) atoms. The van der Waals surface area contributed by atoms with Crippen LogP contribution in [-0.2, 0) is 17.8 Å². The summed E-state index contributed by atoms with van der Waals surface area (Å²) < 4.78 is 11.7. The molecule has 1 aliphatic heterocycles. The van der Waals surface area contributed by atoms with E-state index in [2.05, 4.69) is 38.9 Å². The summed E-state index contributed by atoms with van der Waals surface area (Å²) in [6.07, 6.45) is 3.10. The fourth-order valence-electron chi connectivity index (χ4n) is 3.35. The van der Waals surface area contributed by atoms with Gasteiger partial charge in [0, 0.05) is 50.3 Å². The number of guanidine groups is 1. The molecule has 3 rings (SSSR count). The van der Waals surface area contributed by atoms with Gasteiger partial charge in [-0.05, 0) is 44.5 Å². The Hall–Kier alpha value is -2.56. The summed E-state index contributed by atoms with van der Waals surface area (Å²) in [6.45, 7) is 7.56. The van der Waals surface area contributed by atoms with E-state index in [1.165, 1.54) is 5.56 Å². The number of fused-ring (bicyclic) bond motifs is 1. The number of hydrogen-bond donors (Lipinski definition) is 3. The lowest BCUT2D eigenvalue weighted by molar-refractivity contribution is -0.116. The van der Waals surface area contributed by atoms with Crippen molar-refractivity contribution in [3.8, 4) is 11.5 Å². The van der Waals surface area contributed by atoms with Crippen LogP contribution in [-0.4, -0.2) is 43.2 Å². The Bertz CT molecular complexity index is 934. The molecule has 1 aromatic heterocycles. The molecule has 1 unspecified atom stereocenters. The normalized spacial score (nSPS) is 14.6. The summed E-state index contributed by atoms with van der Waals surface area (Å²) in [5, 5.41) is 9.22. The average molecular weight is 553 g/mol. The first-order valence-corrected chi connectivity index (χ1v) is 10.6. The number of hydrogen-bond acceptors (Lipinski definition) is 5. The lowest BCUT2D eigenvalue weighted by Gasteiger charge is -2.15. The van der Waals surface area contributed by atoms with Gasteiger partial charge in [-0.25, -0.2) is 4.98 Å². The predicted octanol–water partition coefficient (Wildman–Crippen LogP) is 3.42. The van der Waals surface area contributed by atoms with Crippen molar-refractivity contribution < 1.29 is 14.3 Å². The zero-order valence-electron chi connectivity index (χ0n) is 19.0. The Morgan fingerprint density at radius 1 is 1.31 bits per heavy atom. The predicted molar refractivity (Wildman–Crippen MR) is 137 cm³/mol. The van der Waals surface area contributed by atoms with Crippen LogP contribution < -0.4 is 25.4 Å². The smallest absolute Gasteiger partial charge is 0.227 e. The molecule has 1 atom stereocenters. The number of anilines is 1. The van der Waals surface area contributed by atoms with Crippen LogP contribution in [0.15, 0.2) is 35.5 Å². The van der Waals surface area contributed by atoms with Gasteiger partial charge in [0.2, 0.25) is 5.91 Å². The molecule has 9 heteroatoms. The highest BCUT2D eigenvalue weighted by Gasteiger charge is 2.22. The molecular weight excluding hydrogens is 521 g/mol. The lowest BCUT2D eigenvalue weighted by atomic mass is 10.1. The first kappa shape index (κ1) is 25.7.